The molecule has 0 aliphatic heterocycles. The minimum Gasteiger partial charge on any atom is -0.378 e. The van der Waals surface area contributed by atoms with E-state index in [0.717, 1.165) is 30.1 Å². The largest absolute Gasteiger partial charge is 0.378 e. The maximum absolute atomic E-state index is 12.5. The molecule has 1 aromatic carbocycles. The van der Waals surface area contributed by atoms with Crippen molar-refractivity contribution in [1.29, 1.82) is 0 Å². The van der Waals surface area contributed by atoms with Gasteiger partial charge in [0.2, 0.25) is 5.91 Å². The van der Waals surface area contributed by atoms with Crippen molar-refractivity contribution in [3.63, 3.8) is 0 Å². The van der Waals surface area contributed by atoms with Crippen molar-refractivity contribution in [2.75, 3.05) is 19.0 Å². The second-order valence-electron chi connectivity index (χ2n) is 8.58. The third kappa shape index (κ3) is 3.18. The molecule has 0 radical (unpaired) electrons. The van der Waals surface area contributed by atoms with Crippen LogP contribution in [0.15, 0.2) is 24.3 Å². The van der Waals surface area contributed by atoms with Crippen LogP contribution in [0.2, 0.25) is 0 Å². The number of hydrogen-bond acceptors (Lipinski definition) is 2. The first-order valence-corrected chi connectivity index (χ1v) is 9.64. The molecule has 0 atom stereocenters. The summed E-state index contributed by atoms with van der Waals surface area (Å²) in [5, 5.41) is 3.41. The monoisotopic (exact) mass is 326 g/mol. The van der Waals surface area contributed by atoms with E-state index in [1.807, 2.05) is 14.1 Å². The number of nitrogens with zero attached hydrogens (tertiary/aromatic N) is 1. The summed E-state index contributed by atoms with van der Waals surface area (Å²) in [5.41, 5.74) is 2.46. The SMILES string of the molecule is CN(C)c1ccc(CCC(=O)NC2C3CC4CC(C3)CC2C4)cc1. The average molecular weight is 326 g/mol. The zero-order valence-corrected chi connectivity index (χ0v) is 15.0. The standard InChI is InChI=1S/C21H30N2O/c1-23(2)19-6-3-14(4-7-19)5-8-20(24)22-21-17-10-15-9-16(12-17)13-18(21)11-15/h3-4,6-7,15-18,21H,5,8-13H2,1-2H3,(H,22,24). The zero-order valence-electron chi connectivity index (χ0n) is 15.0. The van der Waals surface area contributed by atoms with Gasteiger partial charge in [0.1, 0.15) is 0 Å². The molecule has 0 unspecified atom stereocenters. The Morgan fingerprint density at radius 3 is 2.12 bits per heavy atom. The molecule has 130 valence electrons. The van der Waals surface area contributed by atoms with Gasteiger partial charge >= 0.3 is 0 Å². The highest BCUT2D eigenvalue weighted by atomic mass is 16.1. The molecule has 3 nitrogen and oxygen atoms in total. The van der Waals surface area contributed by atoms with Crippen LogP contribution in [0.5, 0.6) is 0 Å². The number of nitrogens with one attached hydrogen (secondary N) is 1. The van der Waals surface area contributed by atoms with Gasteiger partial charge in [-0.2, -0.15) is 0 Å². The van der Waals surface area contributed by atoms with Gasteiger partial charge in [-0.05, 0) is 79.9 Å². The molecule has 4 bridgehead atoms. The summed E-state index contributed by atoms with van der Waals surface area (Å²) in [7, 11) is 4.10. The van der Waals surface area contributed by atoms with Crippen molar-refractivity contribution in [2.45, 2.75) is 51.0 Å². The van der Waals surface area contributed by atoms with Gasteiger partial charge in [0.15, 0.2) is 0 Å². The molecule has 1 aromatic rings. The number of carbonyl (C=O) groups excluding carboxylic acids is 1. The van der Waals surface area contributed by atoms with E-state index in [1.54, 1.807) is 0 Å². The molecule has 0 saturated heterocycles. The first-order valence-electron chi connectivity index (χ1n) is 9.64. The normalized spacial score (nSPS) is 33.5. The zero-order chi connectivity index (χ0) is 16.7. The number of hydrogen-bond donors (Lipinski definition) is 1. The van der Waals surface area contributed by atoms with Gasteiger partial charge in [-0.15, -0.1) is 0 Å². The molecule has 0 heterocycles. The summed E-state index contributed by atoms with van der Waals surface area (Å²) in [4.78, 5) is 14.6. The molecule has 4 aliphatic carbocycles. The smallest absolute Gasteiger partial charge is 0.220 e. The average Bonchev–Trinajstić information content (AvgIpc) is 2.56. The summed E-state index contributed by atoms with van der Waals surface area (Å²) < 4.78 is 0. The predicted octanol–water partition coefficient (Wildman–Crippen LogP) is 3.63. The minimum absolute atomic E-state index is 0.254. The van der Waals surface area contributed by atoms with Crippen LogP contribution in [-0.4, -0.2) is 26.0 Å². The van der Waals surface area contributed by atoms with E-state index >= 15 is 0 Å². The molecular weight excluding hydrogens is 296 g/mol. The van der Waals surface area contributed by atoms with E-state index in [1.165, 1.54) is 43.4 Å². The second kappa shape index (κ2) is 6.42. The molecule has 5 rings (SSSR count). The third-order valence-corrected chi connectivity index (χ3v) is 6.65. The van der Waals surface area contributed by atoms with Gasteiger partial charge in [0.25, 0.3) is 0 Å². The molecular formula is C21H30N2O. The lowest BCUT2D eigenvalue weighted by atomic mass is 9.54. The summed E-state index contributed by atoms with van der Waals surface area (Å²) >= 11 is 0. The van der Waals surface area contributed by atoms with E-state index in [0.29, 0.717) is 12.5 Å². The van der Waals surface area contributed by atoms with Gasteiger partial charge in [0, 0.05) is 32.2 Å². The summed E-state index contributed by atoms with van der Waals surface area (Å²) in [6, 6.07) is 9.02. The number of rotatable bonds is 5. The highest BCUT2D eigenvalue weighted by Gasteiger charge is 2.48. The molecule has 1 N–H and O–H groups in total. The Morgan fingerprint density at radius 1 is 1.00 bits per heavy atom. The summed E-state index contributed by atoms with van der Waals surface area (Å²) in [5.74, 6) is 3.73. The Hall–Kier alpha value is -1.51. The third-order valence-electron chi connectivity index (χ3n) is 6.65. The van der Waals surface area contributed by atoms with Crippen LogP contribution in [0.3, 0.4) is 0 Å². The molecule has 0 spiro atoms. The van der Waals surface area contributed by atoms with E-state index in [2.05, 4.69) is 34.5 Å². The van der Waals surface area contributed by atoms with Gasteiger partial charge in [-0.1, -0.05) is 12.1 Å². The van der Waals surface area contributed by atoms with Gasteiger partial charge in [-0.3, -0.25) is 4.79 Å². The van der Waals surface area contributed by atoms with Gasteiger partial charge in [0.05, 0.1) is 0 Å². The van der Waals surface area contributed by atoms with Crippen LogP contribution in [0, 0.1) is 23.7 Å². The Balaban J connectivity index is 1.29. The Kier molecular flexibility index (Phi) is 4.28. The Morgan fingerprint density at radius 2 is 1.58 bits per heavy atom. The van der Waals surface area contributed by atoms with Crippen LogP contribution in [0.1, 0.15) is 44.1 Å². The lowest BCUT2D eigenvalue weighted by Gasteiger charge is -2.54. The molecule has 4 aliphatic rings. The van der Waals surface area contributed by atoms with E-state index in [-0.39, 0.29) is 5.91 Å². The number of carbonyl (C=O) groups is 1. The Bertz CT molecular complexity index is 564. The van der Waals surface area contributed by atoms with E-state index in [4.69, 9.17) is 0 Å². The molecule has 4 fully saturated rings. The fourth-order valence-corrected chi connectivity index (χ4v) is 5.64. The van der Waals surface area contributed by atoms with Crippen molar-refractivity contribution in [3.05, 3.63) is 29.8 Å². The number of amides is 1. The van der Waals surface area contributed by atoms with Gasteiger partial charge < -0.3 is 10.2 Å². The lowest BCUT2D eigenvalue weighted by molar-refractivity contribution is -0.125. The highest BCUT2D eigenvalue weighted by molar-refractivity contribution is 5.76. The maximum Gasteiger partial charge on any atom is 0.220 e. The topological polar surface area (TPSA) is 32.3 Å². The van der Waals surface area contributed by atoms with Gasteiger partial charge in [-0.25, -0.2) is 0 Å². The molecule has 4 saturated carbocycles. The molecule has 3 heteroatoms. The maximum atomic E-state index is 12.5. The van der Waals surface area contributed by atoms with Crippen molar-refractivity contribution >= 4 is 11.6 Å². The first-order chi connectivity index (χ1) is 11.6. The minimum atomic E-state index is 0.254. The van der Waals surface area contributed by atoms with E-state index < -0.39 is 0 Å². The summed E-state index contributed by atoms with van der Waals surface area (Å²) in [6.07, 6.45) is 8.38. The van der Waals surface area contributed by atoms with Crippen molar-refractivity contribution in [2.24, 2.45) is 23.7 Å². The quantitative estimate of drug-likeness (QED) is 0.896. The van der Waals surface area contributed by atoms with Crippen LogP contribution in [0.25, 0.3) is 0 Å². The van der Waals surface area contributed by atoms with Crippen molar-refractivity contribution in [3.8, 4) is 0 Å². The van der Waals surface area contributed by atoms with Crippen molar-refractivity contribution < 1.29 is 4.79 Å². The number of aryl methyl sites for hydroxylation is 1. The first kappa shape index (κ1) is 16.0. The van der Waals surface area contributed by atoms with Crippen LogP contribution in [-0.2, 0) is 11.2 Å². The van der Waals surface area contributed by atoms with Crippen LogP contribution >= 0.6 is 0 Å². The highest BCUT2D eigenvalue weighted by Crippen LogP contribution is 2.53. The molecule has 24 heavy (non-hydrogen) atoms. The number of benzene rings is 1. The van der Waals surface area contributed by atoms with Crippen LogP contribution in [0.4, 0.5) is 5.69 Å². The van der Waals surface area contributed by atoms with Crippen molar-refractivity contribution in [1.82, 2.24) is 5.32 Å². The van der Waals surface area contributed by atoms with E-state index in [9.17, 15) is 4.79 Å². The predicted molar refractivity (Wildman–Crippen MR) is 98.1 cm³/mol. The fraction of sp³-hybridized carbons (Fsp3) is 0.667. The summed E-state index contributed by atoms with van der Waals surface area (Å²) in [6.45, 7) is 0. The molecule has 1 amide bonds. The Labute approximate surface area is 145 Å². The molecule has 0 aromatic heterocycles. The second-order valence-corrected chi connectivity index (χ2v) is 8.58. The lowest BCUT2D eigenvalue weighted by Crippen LogP contribution is -2.55. The van der Waals surface area contributed by atoms with Crippen LogP contribution < -0.4 is 10.2 Å². The fourth-order valence-electron chi connectivity index (χ4n) is 5.64. The number of anilines is 1.